The number of esters is 1. The number of hydrogen-bond donors (Lipinski definition) is 2. The first-order chi connectivity index (χ1) is 9.19. The fourth-order valence-corrected chi connectivity index (χ4v) is 1.97. The number of nitrogens with one attached hydrogen (secondary N) is 1. The number of rotatable bonds is 4. The summed E-state index contributed by atoms with van der Waals surface area (Å²) in [4.78, 5) is 19.3. The van der Waals surface area contributed by atoms with Crippen molar-refractivity contribution in [2.45, 2.75) is 18.4 Å². The maximum absolute atomic E-state index is 11.4. The topological polar surface area (TPSA) is 93.6 Å². The minimum Gasteiger partial charge on any atom is -0.463 e. The highest BCUT2D eigenvalue weighted by molar-refractivity contribution is 5.85. The molecule has 0 aromatic carbocycles. The molecule has 0 bridgehead atoms. The number of nitrogens with zero attached hydrogens (tertiary/aromatic N) is 2. The van der Waals surface area contributed by atoms with Crippen LogP contribution in [-0.4, -0.2) is 53.5 Å². The minimum absolute atomic E-state index is 0.00681. The molecule has 0 spiro atoms. The fraction of sp³-hybridized carbons (Fsp3) is 0.583. The minimum atomic E-state index is -0.589. The van der Waals surface area contributed by atoms with E-state index in [0.29, 0.717) is 31.9 Å². The van der Waals surface area contributed by atoms with Crippen molar-refractivity contribution < 1.29 is 19.4 Å². The molecule has 1 aliphatic heterocycles. The van der Waals surface area contributed by atoms with E-state index in [9.17, 15) is 9.90 Å². The van der Waals surface area contributed by atoms with Gasteiger partial charge in [0.1, 0.15) is 5.82 Å². The third-order valence-corrected chi connectivity index (χ3v) is 3.17. The van der Waals surface area contributed by atoms with E-state index in [1.807, 2.05) is 0 Å². The van der Waals surface area contributed by atoms with Gasteiger partial charge in [-0.25, -0.2) is 14.8 Å². The predicted octanol–water partition coefficient (Wildman–Crippen LogP) is 0.217. The van der Waals surface area contributed by atoms with Gasteiger partial charge in [-0.05, 0) is 18.9 Å². The number of methoxy groups -OCH3 is 1. The van der Waals surface area contributed by atoms with Gasteiger partial charge in [0.25, 0.3) is 0 Å². The zero-order valence-electron chi connectivity index (χ0n) is 10.8. The second kappa shape index (κ2) is 5.94. The highest BCUT2D eigenvalue weighted by Crippen LogP contribution is 2.24. The van der Waals surface area contributed by atoms with Crippen LogP contribution >= 0.6 is 0 Å². The van der Waals surface area contributed by atoms with Crippen LogP contribution < -0.4 is 5.32 Å². The lowest BCUT2D eigenvalue weighted by Gasteiger charge is -2.36. The van der Waals surface area contributed by atoms with Crippen LogP contribution in [0.1, 0.15) is 23.5 Å². The molecular weight excluding hydrogens is 250 g/mol. The molecule has 2 heterocycles. The molecule has 0 radical (unpaired) electrons. The number of carbonyl (C=O) groups is 1. The summed E-state index contributed by atoms with van der Waals surface area (Å²) >= 11 is 0. The van der Waals surface area contributed by atoms with E-state index >= 15 is 0 Å². The van der Waals surface area contributed by atoms with Crippen molar-refractivity contribution in [2.24, 2.45) is 0 Å². The largest absolute Gasteiger partial charge is 0.463 e. The summed E-state index contributed by atoms with van der Waals surface area (Å²) < 4.78 is 9.86. The van der Waals surface area contributed by atoms with Gasteiger partial charge in [0.2, 0.25) is 5.82 Å². The standard InChI is InChI=1S/C12H17N3O4/c1-18-11(17)10-13-5-2-9(14-10)15-12(8-16)3-6-19-7-4-12/h2,5,16H,3-4,6-8H2,1H3,(H,13,14,15). The summed E-state index contributed by atoms with van der Waals surface area (Å²) in [5, 5.41) is 12.7. The van der Waals surface area contributed by atoms with Crippen molar-refractivity contribution in [3.05, 3.63) is 18.1 Å². The lowest BCUT2D eigenvalue weighted by atomic mass is 9.91. The fourth-order valence-electron chi connectivity index (χ4n) is 1.97. The normalized spacial score (nSPS) is 17.8. The highest BCUT2D eigenvalue weighted by atomic mass is 16.5. The van der Waals surface area contributed by atoms with Crippen molar-refractivity contribution in [1.82, 2.24) is 9.97 Å². The average molecular weight is 267 g/mol. The Morgan fingerprint density at radius 1 is 1.58 bits per heavy atom. The second-order valence-electron chi connectivity index (χ2n) is 4.43. The summed E-state index contributed by atoms with van der Waals surface area (Å²) in [7, 11) is 1.28. The van der Waals surface area contributed by atoms with E-state index in [2.05, 4.69) is 20.0 Å². The van der Waals surface area contributed by atoms with E-state index in [1.165, 1.54) is 13.3 Å². The van der Waals surface area contributed by atoms with Gasteiger partial charge in [-0.2, -0.15) is 0 Å². The number of ether oxygens (including phenoxy) is 2. The molecule has 0 aliphatic carbocycles. The molecular formula is C12H17N3O4. The van der Waals surface area contributed by atoms with Gasteiger partial charge in [-0.15, -0.1) is 0 Å². The summed E-state index contributed by atoms with van der Waals surface area (Å²) in [6.45, 7) is 1.15. The Hall–Kier alpha value is -1.73. The van der Waals surface area contributed by atoms with Crippen molar-refractivity contribution in [2.75, 3.05) is 32.2 Å². The quantitative estimate of drug-likeness (QED) is 0.753. The highest BCUT2D eigenvalue weighted by Gasteiger charge is 2.32. The lowest BCUT2D eigenvalue weighted by molar-refractivity contribution is 0.0378. The average Bonchev–Trinajstić information content (AvgIpc) is 2.47. The molecule has 2 rings (SSSR count). The summed E-state index contributed by atoms with van der Waals surface area (Å²) in [5.41, 5.74) is -0.458. The molecule has 1 aromatic heterocycles. The van der Waals surface area contributed by atoms with E-state index in [-0.39, 0.29) is 12.4 Å². The molecule has 0 unspecified atom stereocenters. The first-order valence-electron chi connectivity index (χ1n) is 6.07. The van der Waals surface area contributed by atoms with E-state index < -0.39 is 11.5 Å². The Kier molecular flexibility index (Phi) is 4.28. The van der Waals surface area contributed by atoms with Crippen molar-refractivity contribution >= 4 is 11.8 Å². The van der Waals surface area contributed by atoms with Crippen molar-refractivity contribution in [3.63, 3.8) is 0 Å². The molecule has 19 heavy (non-hydrogen) atoms. The Labute approximate surface area is 111 Å². The number of hydrogen-bond acceptors (Lipinski definition) is 7. The molecule has 0 atom stereocenters. The molecule has 2 N–H and O–H groups in total. The van der Waals surface area contributed by atoms with E-state index in [0.717, 1.165) is 0 Å². The number of carbonyl (C=O) groups excluding carboxylic acids is 1. The van der Waals surface area contributed by atoms with Crippen LogP contribution in [-0.2, 0) is 9.47 Å². The van der Waals surface area contributed by atoms with Crippen LogP contribution in [0.3, 0.4) is 0 Å². The van der Waals surface area contributed by atoms with Crippen LogP contribution in [0.2, 0.25) is 0 Å². The number of aliphatic hydroxyl groups is 1. The molecule has 1 aromatic rings. The third kappa shape index (κ3) is 3.18. The molecule has 7 heteroatoms. The van der Waals surface area contributed by atoms with Gasteiger partial charge in [0.05, 0.1) is 19.3 Å². The first kappa shape index (κ1) is 13.7. The summed E-state index contributed by atoms with van der Waals surface area (Å²) in [6, 6.07) is 1.65. The Morgan fingerprint density at radius 3 is 2.95 bits per heavy atom. The first-order valence-corrected chi connectivity index (χ1v) is 6.07. The van der Waals surface area contributed by atoms with Gasteiger partial charge >= 0.3 is 5.97 Å². The molecule has 1 saturated heterocycles. The number of anilines is 1. The Balaban J connectivity index is 2.15. The SMILES string of the molecule is COC(=O)c1nccc(NC2(CO)CCOCC2)n1. The molecule has 104 valence electrons. The summed E-state index contributed by atoms with van der Waals surface area (Å²) in [5.74, 6) is -0.104. The van der Waals surface area contributed by atoms with E-state index in [4.69, 9.17) is 4.74 Å². The number of aliphatic hydroxyl groups excluding tert-OH is 1. The second-order valence-corrected chi connectivity index (χ2v) is 4.43. The van der Waals surface area contributed by atoms with Crippen LogP contribution in [0.5, 0.6) is 0 Å². The van der Waals surface area contributed by atoms with Crippen LogP contribution in [0.4, 0.5) is 5.82 Å². The summed E-state index contributed by atoms with van der Waals surface area (Å²) in [6.07, 6.45) is 2.84. The van der Waals surface area contributed by atoms with Gasteiger partial charge in [-0.1, -0.05) is 0 Å². The van der Waals surface area contributed by atoms with Crippen molar-refractivity contribution in [1.29, 1.82) is 0 Å². The van der Waals surface area contributed by atoms with Crippen molar-refractivity contribution in [3.8, 4) is 0 Å². The molecule has 7 nitrogen and oxygen atoms in total. The maximum Gasteiger partial charge on any atom is 0.376 e. The number of aromatic nitrogens is 2. The van der Waals surface area contributed by atoms with Crippen LogP contribution in [0.15, 0.2) is 12.3 Å². The van der Waals surface area contributed by atoms with Gasteiger partial charge in [-0.3, -0.25) is 0 Å². The monoisotopic (exact) mass is 267 g/mol. The zero-order chi connectivity index (χ0) is 13.7. The smallest absolute Gasteiger partial charge is 0.376 e. The van der Waals surface area contributed by atoms with Gasteiger partial charge in [0, 0.05) is 19.4 Å². The Bertz CT molecular complexity index is 446. The zero-order valence-corrected chi connectivity index (χ0v) is 10.8. The van der Waals surface area contributed by atoms with Gasteiger partial charge < -0.3 is 19.9 Å². The van der Waals surface area contributed by atoms with E-state index in [1.54, 1.807) is 6.07 Å². The molecule has 0 amide bonds. The third-order valence-electron chi connectivity index (χ3n) is 3.17. The Morgan fingerprint density at radius 2 is 2.32 bits per heavy atom. The van der Waals surface area contributed by atoms with Crippen LogP contribution in [0, 0.1) is 0 Å². The molecule has 0 saturated carbocycles. The molecule has 1 fully saturated rings. The van der Waals surface area contributed by atoms with Crippen LogP contribution in [0.25, 0.3) is 0 Å². The molecule has 1 aliphatic rings. The predicted molar refractivity (Wildman–Crippen MR) is 66.9 cm³/mol. The lowest BCUT2D eigenvalue weighted by Crippen LogP contribution is -2.47. The van der Waals surface area contributed by atoms with Gasteiger partial charge in [0.15, 0.2) is 0 Å². The maximum atomic E-state index is 11.4.